The minimum Gasteiger partial charge on any atom is -0.394 e. The molecule has 6 aromatic rings. The highest BCUT2D eigenvalue weighted by Gasteiger charge is 2.61. The van der Waals surface area contributed by atoms with Crippen molar-refractivity contribution in [3.05, 3.63) is 197 Å². The Bertz CT molecular complexity index is 4890. The first-order chi connectivity index (χ1) is 67.8. The second-order valence-electron chi connectivity index (χ2n) is 44.0. The lowest BCUT2D eigenvalue weighted by Gasteiger charge is -2.62. The number of piperazine rings is 3. The number of anilines is 3. The molecular formula is C111H159N15O12S3. The van der Waals surface area contributed by atoms with E-state index in [0.29, 0.717) is 89.1 Å². The van der Waals surface area contributed by atoms with Gasteiger partial charge in [-0.1, -0.05) is 190 Å². The van der Waals surface area contributed by atoms with Crippen molar-refractivity contribution in [3.8, 4) is 5.40 Å². The van der Waals surface area contributed by atoms with Gasteiger partial charge in [0.25, 0.3) is 0 Å². The Kier molecular flexibility index (Phi) is 36.8. The molecule has 6 aliphatic heterocycles. The number of carbonyl (C=O) groups is 3. The molecule has 21 rings (SSSR count). The molecular weight excluding hydrogens is 1830 g/mol. The van der Waals surface area contributed by atoms with E-state index in [1.165, 1.54) is 47.7 Å². The molecule has 0 radical (unpaired) electrons. The first-order valence-corrected chi connectivity index (χ1v) is 54.1. The molecule has 12 N–H and O–H groups in total. The van der Waals surface area contributed by atoms with Crippen LogP contribution in [0.3, 0.4) is 0 Å². The summed E-state index contributed by atoms with van der Waals surface area (Å²) in [5.41, 5.74) is 11.4. The number of aliphatic hydroxyl groups excluding tert-OH is 6. The predicted molar refractivity (Wildman–Crippen MR) is 564 cm³/mol. The van der Waals surface area contributed by atoms with E-state index in [2.05, 4.69) is 221 Å². The van der Waals surface area contributed by atoms with Crippen molar-refractivity contribution >= 4 is 81.2 Å². The lowest BCUT2D eigenvalue weighted by molar-refractivity contribution is -0.183. The highest BCUT2D eigenvalue weighted by molar-refractivity contribution is 8.03. The molecule has 141 heavy (non-hydrogen) atoms. The first-order valence-electron chi connectivity index (χ1n) is 52.3. The Labute approximate surface area is 852 Å². The third kappa shape index (κ3) is 25.2. The number of amides is 3. The smallest absolute Gasteiger partial charge is 0.240 e. The monoisotopic (exact) mass is 1990 g/mol. The van der Waals surface area contributed by atoms with Gasteiger partial charge >= 0.3 is 0 Å². The predicted octanol–water partition coefficient (Wildman–Crippen LogP) is 11.4. The largest absolute Gasteiger partial charge is 0.394 e. The molecule has 6 bridgehead atoms. The number of aliphatic hydroxyl groups is 6. The Hall–Kier alpha value is -8.17. The van der Waals surface area contributed by atoms with Gasteiger partial charge in [0.15, 0.2) is 10.2 Å². The van der Waals surface area contributed by atoms with E-state index in [0.717, 1.165) is 180 Å². The van der Waals surface area contributed by atoms with Crippen LogP contribution < -0.4 is 46.6 Å². The summed E-state index contributed by atoms with van der Waals surface area (Å²) in [6.07, 6.45) is 5.23. The van der Waals surface area contributed by atoms with Gasteiger partial charge in [0.1, 0.15) is 41.8 Å². The normalized spacial score (nSPS) is 30.6. The molecule has 24 atom stereocenters. The summed E-state index contributed by atoms with van der Waals surface area (Å²) >= 11 is 12.7. The number of thioether (sulfide) groups is 1. The van der Waals surface area contributed by atoms with Crippen molar-refractivity contribution in [1.82, 2.24) is 56.9 Å². The molecule has 3 amide bonds. The molecule has 0 unspecified atom stereocenters. The Balaban J connectivity index is 0.000000152. The SMILES string of the molecule is C[C@@H]1[C@@H](NC(=O)[C@@H]2[C@H]([C@H](C)O)[C@H](CO)ON2Cc2cccc(N3CCN(C(=S)NCCc4ccccc4)CC3)c2)C[C@H]2C[C@@H]1C2(C)C.C[C@@H]1[C@@H](NC(=O)[C@@H]2[C@H]([C@H](C)O)[C@H](CO)ON2Cc2cccc(N3CCN(C(=S)NCCc4ccccc4)CC3)c2)C[C@H]2C[C@@H]1C2(C)C.C[C@@H]1[C@@H](NC(=O)[C@@H]2[C@H]([C@H](C)O)[C@H](CO)ON2Cc2cccc(N3CCNCC3)c2)C[C@H]2C[C@@H]1C2(C)C.N#CSCCc1ccccc1. The van der Waals surface area contributed by atoms with E-state index in [-0.39, 0.29) is 55.7 Å². The molecule has 0 aromatic heterocycles. The molecule has 30 heteroatoms. The van der Waals surface area contributed by atoms with Gasteiger partial charge in [-0.2, -0.15) is 20.5 Å². The number of aryl methyl sites for hydroxylation is 1. The maximum Gasteiger partial charge on any atom is 0.240 e. The highest BCUT2D eigenvalue weighted by atomic mass is 32.2. The number of hydroxylamine groups is 6. The summed E-state index contributed by atoms with van der Waals surface area (Å²) in [5, 5.41) is 100.0. The van der Waals surface area contributed by atoms with Crippen molar-refractivity contribution in [1.29, 1.82) is 5.26 Å². The summed E-state index contributed by atoms with van der Waals surface area (Å²) in [7, 11) is 0. The van der Waals surface area contributed by atoms with Crippen LogP contribution in [0, 0.1) is 97.9 Å². The lowest BCUT2D eigenvalue weighted by Crippen LogP contribution is -2.62. The standard InChI is InChI=1S/2C37H53N5O4S.C28H44N4O4.C9H9NS/c2*1-24-30-20-28(37(30,3)4)21-31(24)39-35(45)34-33(25(2)44)32(23-43)46-42(34)22-27-11-8-12-29(19-27)40-15-17-41(18-16-40)36(47)38-14-13-26-9-6-5-7-10-26;1-17-22-13-20(28(22,3)4)14-23(17)30-27(35)26-25(18(2)34)24(16-33)36-32(26)15-19-6-5-7-21(12-19)31-10-8-29-9-11-31;10-8-11-7-6-9-4-2-1-3-5-9/h2*5-12,19,24-25,28,30-34,43-44H,13-18,20-23H2,1-4H3,(H,38,47)(H,39,45);5-7,12,17-18,20,22-26,29,33-34H,8-11,13-16H2,1-4H3,(H,30,35);1-5H,6-7H2/t2*24-,25-,28+,30-,31-,32-,33+,34-;17-,18-,20+,22-,23-,24-,25+,26-;/m000./s1. The quantitative estimate of drug-likeness (QED) is 0.0113. The van der Waals surface area contributed by atoms with E-state index in [4.69, 9.17) is 44.2 Å². The minimum atomic E-state index is -0.814. The van der Waals surface area contributed by atoms with Gasteiger partial charge in [0.05, 0.1) is 57.8 Å². The zero-order chi connectivity index (χ0) is 100. The molecule has 6 heterocycles. The van der Waals surface area contributed by atoms with Crippen molar-refractivity contribution < 1.29 is 59.5 Å². The van der Waals surface area contributed by atoms with Crippen LogP contribution in [0.2, 0.25) is 0 Å². The number of benzene rings is 6. The zero-order valence-corrected chi connectivity index (χ0v) is 87.5. The number of hydrogen-bond donors (Lipinski definition) is 12. The van der Waals surface area contributed by atoms with E-state index >= 15 is 0 Å². The van der Waals surface area contributed by atoms with Crippen LogP contribution in [0.5, 0.6) is 0 Å². The summed E-state index contributed by atoms with van der Waals surface area (Å²) in [6.45, 7) is 38.6. The number of fused-ring (bicyclic) bond motifs is 6. The topological polar surface area (TPSA) is 322 Å². The minimum absolute atomic E-state index is 0.105. The van der Waals surface area contributed by atoms with Gasteiger partial charge in [-0.25, -0.2) is 0 Å². The van der Waals surface area contributed by atoms with Crippen molar-refractivity contribution in [3.63, 3.8) is 0 Å². The van der Waals surface area contributed by atoms with Gasteiger partial charge in [0.2, 0.25) is 17.7 Å². The van der Waals surface area contributed by atoms with Crippen LogP contribution in [0.15, 0.2) is 164 Å². The first kappa shape index (κ1) is 107. The van der Waals surface area contributed by atoms with E-state index in [1.807, 2.05) is 66.7 Å². The fraction of sp³-hybridized carbons (Fsp3) is 0.622. The van der Waals surface area contributed by atoms with Crippen LogP contribution in [0.4, 0.5) is 17.1 Å². The lowest BCUT2D eigenvalue weighted by atomic mass is 9.45. The summed E-state index contributed by atoms with van der Waals surface area (Å²) < 4.78 is 0. The molecule has 9 aliphatic carbocycles. The Morgan fingerprint density at radius 2 is 0.716 bits per heavy atom. The number of carbonyl (C=O) groups excluding carboxylic acids is 3. The van der Waals surface area contributed by atoms with E-state index < -0.39 is 72.5 Å². The number of thiocyanates is 1. The average Bonchev–Trinajstić information content (AvgIpc) is 1.09. The molecule has 768 valence electrons. The second kappa shape index (κ2) is 48.4. The number of rotatable bonds is 30. The summed E-state index contributed by atoms with van der Waals surface area (Å²) in [5.74, 6) is 3.90. The van der Waals surface area contributed by atoms with Gasteiger partial charge in [-0.3, -0.25) is 28.9 Å². The third-order valence-corrected chi connectivity index (χ3v) is 36.1. The molecule has 9 saturated carbocycles. The average molecular weight is 1990 g/mol. The fourth-order valence-corrected chi connectivity index (χ4v) is 26.8. The number of thiocarbonyl (C=S) groups is 2. The van der Waals surface area contributed by atoms with E-state index in [1.54, 1.807) is 36.0 Å². The van der Waals surface area contributed by atoms with Gasteiger partial charge < -0.3 is 87.0 Å². The molecule has 15 fully saturated rings. The van der Waals surface area contributed by atoms with Gasteiger partial charge in [-0.05, 0) is 254 Å². The van der Waals surface area contributed by atoms with Crippen molar-refractivity contribution in [2.24, 2.45) is 87.3 Å². The van der Waals surface area contributed by atoms with Crippen molar-refractivity contribution in [2.75, 3.05) is 132 Å². The molecule has 0 spiro atoms. The maximum atomic E-state index is 14.0. The zero-order valence-electron chi connectivity index (χ0n) is 85.0. The van der Waals surface area contributed by atoms with Crippen LogP contribution in [0.1, 0.15) is 155 Å². The third-order valence-electron chi connectivity index (χ3n) is 34.7. The number of nitriles is 1. The number of nitrogens with zero attached hydrogens (tertiary/aromatic N) is 9. The molecule has 6 aromatic carbocycles. The maximum absolute atomic E-state index is 14.0. The van der Waals surface area contributed by atoms with Gasteiger partial charge in [0, 0.05) is 150 Å². The fourth-order valence-electron chi connectivity index (χ4n) is 25.8. The highest BCUT2D eigenvalue weighted by Crippen LogP contribution is 2.64. The Morgan fingerprint density at radius 3 is 0.993 bits per heavy atom. The number of hydrogen-bond acceptors (Lipinski definition) is 23. The molecule has 6 saturated heterocycles. The van der Waals surface area contributed by atoms with Crippen molar-refractivity contribution in [2.45, 2.75) is 233 Å². The second-order valence-corrected chi connectivity index (χ2v) is 45.7. The molecule has 27 nitrogen and oxygen atoms in total. The summed E-state index contributed by atoms with van der Waals surface area (Å²) in [4.78, 5) is 71.9. The van der Waals surface area contributed by atoms with Crippen LogP contribution >= 0.6 is 36.2 Å². The van der Waals surface area contributed by atoms with Gasteiger partial charge in [-0.15, -0.1) is 0 Å². The van der Waals surface area contributed by atoms with Crippen LogP contribution in [-0.2, 0) is 67.8 Å². The van der Waals surface area contributed by atoms with Crippen LogP contribution in [0.25, 0.3) is 0 Å². The van der Waals surface area contributed by atoms with E-state index in [9.17, 15) is 45.0 Å². The van der Waals surface area contributed by atoms with Crippen LogP contribution in [-0.4, -0.2) is 274 Å². The number of nitrogens with one attached hydrogen (secondary N) is 6. The summed E-state index contributed by atoms with van der Waals surface area (Å²) in [6, 6.07) is 54.5. The Morgan fingerprint density at radius 1 is 0.426 bits per heavy atom. The molecule has 15 aliphatic rings.